The van der Waals surface area contributed by atoms with Crippen LogP contribution in [0.15, 0.2) is 78.9 Å². The van der Waals surface area contributed by atoms with E-state index in [0.29, 0.717) is 11.3 Å². The molecule has 2 aliphatic rings. The van der Waals surface area contributed by atoms with Crippen LogP contribution in [0, 0.1) is 5.82 Å². The molecule has 2 aliphatic heterocycles. The van der Waals surface area contributed by atoms with Gasteiger partial charge in [0.25, 0.3) is 11.8 Å². The lowest BCUT2D eigenvalue weighted by molar-refractivity contribution is -0.128. The average Bonchev–Trinajstić information content (AvgIpc) is 3.35. The number of benzene rings is 3. The standard InChI is InChI=1S/C31H32FN3O5/c1-21(22-9-4-3-5-10-22)33-28(36)27-20-40-31(35(27)29(37)23-11-8-12-24(19-23)39-2)15-17-34(18-16-31)30(38)25-13-6-7-14-26(25)32/h3-14,19,21,27H,15-18,20H2,1-2H3,(H,33,36). The Balaban J connectivity index is 1.40. The number of halogens is 1. The number of carbonyl (C=O) groups excluding carboxylic acids is 3. The van der Waals surface area contributed by atoms with Crippen molar-refractivity contribution in [2.75, 3.05) is 26.8 Å². The Labute approximate surface area is 232 Å². The minimum Gasteiger partial charge on any atom is -0.497 e. The van der Waals surface area contributed by atoms with Crippen LogP contribution in [0.5, 0.6) is 5.75 Å². The fourth-order valence-electron chi connectivity index (χ4n) is 5.46. The molecular weight excluding hydrogens is 513 g/mol. The molecule has 2 saturated heterocycles. The first-order valence-corrected chi connectivity index (χ1v) is 13.3. The first-order chi connectivity index (χ1) is 19.3. The molecule has 2 unspecified atom stereocenters. The first-order valence-electron chi connectivity index (χ1n) is 13.3. The molecule has 2 fully saturated rings. The largest absolute Gasteiger partial charge is 0.497 e. The van der Waals surface area contributed by atoms with Crippen LogP contribution in [-0.2, 0) is 9.53 Å². The molecule has 1 spiro atoms. The summed E-state index contributed by atoms with van der Waals surface area (Å²) in [6.07, 6.45) is 0.557. The summed E-state index contributed by atoms with van der Waals surface area (Å²) in [5, 5.41) is 3.03. The predicted octanol–water partition coefficient (Wildman–Crippen LogP) is 4.19. The van der Waals surface area contributed by atoms with E-state index in [1.165, 1.54) is 30.2 Å². The van der Waals surface area contributed by atoms with Crippen LogP contribution in [0.1, 0.15) is 52.1 Å². The maximum absolute atomic E-state index is 14.3. The van der Waals surface area contributed by atoms with E-state index in [-0.39, 0.29) is 56.0 Å². The SMILES string of the molecule is COc1cccc(C(=O)N2C(C(=O)NC(C)c3ccccc3)COC23CCN(C(=O)c2ccccc2F)CC3)c1. The number of piperidine rings is 1. The van der Waals surface area contributed by atoms with Crippen LogP contribution in [0.3, 0.4) is 0 Å². The normalized spacial score (nSPS) is 18.8. The predicted molar refractivity (Wildman–Crippen MR) is 146 cm³/mol. The van der Waals surface area contributed by atoms with Gasteiger partial charge in [0.15, 0.2) is 0 Å². The zero-order chi connectivity index (χ0) is 28.3. The van der Waals surface area contributed by atoms with Crippen molar-refractivity contribution in [2.24, 2.45) is 0 Å². The van der Waals surface area contributed by atoms with Crippen molar-refractivity contribution < 1.29 is 28.2 Å². The monoisotopic (exact) mass is 545 g/mol. The van der Waals surface area contributed by atoms with E-state index >= 15 is 0 Å². The summed E-state index contributed by atoms with van der Waals surface area (Å²) in [5.41, 5.74) is 0.213. The van der Waals surface area contributed by atoms with Crippen LogP contribution in [0.2, 0.25) is 0 Å². The fourth-order valence-corrected chi connectivity index (χ4v) is 5.46. The summed E-state index contributed by atoms with van der Waals surface area (Å²) in [4.78, 5) is 43.8. The molecule has 0 aliphatic carbocycles. The molecule has 2 atom stereocenters. The van der Waals surface area contributed by atoms with Gasteiger partial charge in [-0.05, 0) is 42.8 Å². The van der Waals surface area contributed by atoms with Gasteiger partial charge in [0.2, 0.25) is 5.91 Å². The van der Waals surface area contributed by atoms with E-state index in [0.717, 1.165) is 5.56 Å². The van der Waals surface area contributed by atoms with Gasteiger partial charge in [0.1, 0.15) is 23.3 Å². The van der Waals surface area contributed by atoms with Crippen LogP contribution in [0.25, 0.3) is 0 Å². The zero-order valence-electron chi connectivity index (χ0n) is 22.5. The van der Waals surface area contributed by atoms with Crippen LogP contribution < -0.4 is 10.1 Å². The second-order valence-electron chi connectivity index (χ2n) is 10.1. The molecule has 0 saturated carbocycles. The maximum Gasteiger partial charge on any atom is 0.257 e. The second kappa shape index (κ2) is 11.5. The Morgan fingerprint density at radius 3 is 2.38 bits per heavy atom. The van der Waals surface area contributed by atoms with Gasteiger partial charge in [-0.1, -0.05) is 48.5 Å². The van der Waals surface area contributed by atoms with E-state index in [1.54, 1.807) is 35.2 Å². The quantitative estimate of drug-likeness (QED) is 0.502. The lowest BCUT2D eigenvalue weighted by Gasteiger charge is -2.44. The van der Waals surface area contributed by atoms with E-state index in [2.05, 4.69) is 5.32 Å². The highest BCUT2D eigenvalue weighted by Gasteiger charge is 2.54. The summed E-state index contributed by atoms with van der Waals surface area (Å²) in [6, 6.07) is 21.1. The number of carbonyl (C=O) groups is 3. The number of ether oxygens (including phenoxy) is 2. The van der Waals surface area contributed by atoms with Gasteiger partial charge in [-0.2, -0.15) is 0 Å². The van der Waals surface area contributed by atoms with Crippen molar-refractivity contribution in [2.45, 2.75) is 37.6 Å². The maximum atomic E-state index is 14.3. The minimum atomic E-state index is -1.09. The van der Waals surface area contributed by atoms with E-state index < -0.39 is 23.5 Å². The summed E-state index contributed by atoms with van der Waals surface area (Å²) in [6.45, 7) is 2.39. The van der Waals surface area contributed by atoms with Gasteiger partial charge in [-0.25, -0.2) is 4.39 Å². The molecule has 0 bridgehead atoms. The number of hydrogen-bond acceptors (Lipinski definition) is 5. The molecule has 3 aromatic carbocycles. The molecule has 0 radical (unpaired) electrons. The molecule has 40 heavy (non-hydrogen) atoms. The molecule has 1 N–H and O–H groups in total. The molecule has 5 rings (SSSR count). The fraction of sp³-hybridized carbons (Fsp3) is 0.323. The lowest BCUT2D eigenvalue weighted by atomic mass is 9.96. The Kier molecular flexibility index (Phi) is 7.84. The van der Waals surface area contributed by atoms with Gasteiger partial charge in [0.05, 0.1) is 25.3 Å². The third kappa shape index (κ3) is 5.29. The number of rotatable bonds is 6. The van der Waals surface area contributed by atoms with Gasteiger partial charge in [-0.3, -0.25) is 19.3 Å². The topological polar surface area (TPSA) is 88.2 Å². The Hall–Kier alpha value is -4.24. The molecule has 9 heteroatoms. The minimum absolute atomic E-state index is 0.00209. The summed E-state index contributed by atoms with van der Waals surface area (Å²) in [5.74, 6) is -1.16. The van der Waals surface area contributed by atoms with Crippen molar-refractivity contribution in [3.63, 3.8) is 0 Å². The number of hydrogen-bond donors (Lipinski definition) is 1. The molecule has 3 aromatic rings. The second-order valence-corrected chi connectivity index (χ2v) is 10.1. The number of nitrogens with zero attached hydrogens (tertiary/aromatic N) is 2. The van der Waals surface area contributed by atoms with Crippen molar-refractivity contribution in [1.82, 2.24) is 15.1 Å². The lowest BCUT2D eigenvalue weighted by Crippen LogP contribution is -2.60. The Morgan fingerprint density at radius 1 is 0.975 bits per heavy atom. The molecule has 0 aromatic heterocycles. The van der Waals surface area contributed by atoms with Crippen LogP contribution in [0.4, 0.5) is 4.39 Å². The molecule has 8 nitrogen and oxygen atoms in total. The third-order valence-electron chi connectivity index (χ3n) is 7.69. The van der Waals surface area contributed by atoms with E-state index in [4.69, 9.17) is 9.47 Å². The summed E-state index contributed by atoms with van der Waals surface area (Å²) >= 11 is 0. The Morgan fingerprint density at radius 2 is 1.68 bits per heavy atom. The number of amides is 3. The van der Waals surface area contributed by atoms with Crippen molar-refractivity contribution in [3.05, 3.63) is 101 Å². The summed E-state index contributed by atoms with van der Waals surface area (Å²) in [7, 11) is 1.52. The van der Waals surface area contributed by atoms with Crippen molar-refractivity contribution in [3.8, 4) is 5.75 Å². The van der Waals surface area contributed by atoms with Gasteiger partial charge in [0, 0.05) is 31.5 Å². The van der Waals surface area contributed by atoms with Gasteiger partial charge in [-0.15, -0.1) is 0 Å². The highest BCUT2D eigenvalue weighted by atomic mass is 19.1. The molecule has 208 valence electrons. The van der Waals surface area contributed by atoms with E-state index in [9.17, 15) is 18.8 Å². The highest BCUT2D eigenvalue weighted by molar-refractivity contribution is 5.99. The smallest absolute Gasteiger partial charge is 0.257 e. The van der Waals surface area contributed by atoms with Crippen LogP contribution in [-0.4, -0.2) is 66.1 Å². The molecular formula is C31H32FN3O5. The first kappa shape index (κ1) is 27.3. The number of nitrogens with one attached hydrogen (secondary N) is 1. The third-order valence-corrected chi connectivity index (χ3v) is 7.69. The van der Waals surface area contributed by atoms with Crippen molar-refractivity contribution in [1.29, 1.82) is 0 Å². The average molecular weight is 546 g/mol. The van der Waals surface area contributed by atoms with E-state index in [1.807, 2.05) is 37.3 Å². The zero-order valence-corrected chi connectivity index (χ0v) is 22.5. The van der Waals surface area contributed by atoms with Gasteiger partial charge >= 0.3 is 0 Å². The molecule has 2 heterocycles. The van der Waals surface area contributed by atoms with Crippen molar-refractivity contribution >= 4 is 17.7 Å². The number of likely N-dealkylation sites (tertiary alicyclic amines) is 1. The van der Waals surface area contributed by atoms with Crippen LogP contribution >= 0.6 is 0 Å². The van der Waals surface area contributed by atoms with Gasteiger partial charge < -0.3 is 19.7 Å². The Bertz CT molecular complexity index is 1390. The molecule has 3 amide bonds. The number of methoxy groups -OCH3 is 1. The summed E-state index contributed by atoms with van der Waals surface area (Å²) < 4.78 is 25.9. The highest BCUT2D eigenvalue weighted by Crippen LogP contribution is 2.39.